The molecule has 8 heteroatoms. The van der Waals surface area contributed by atoms with Crippen molar-refractivity contribution in [3.05, 3.63) is 100.0 Å². The fourth-order valence-corrected chi connectivity index (χ4v) is 3.51. The van der Waals surface area contributed by atoms with E-state index >= 15 is 0 Å². The van der Waals surface area contributed by atoms with Gasteiger partial charge in [-0.25, -0.2) is 9.82 Å². The Labute approximate surface area is 187 Å². The largest absolute Gasteiger partial charge is 0.507 e. The Morgan fingerprint density at radius 2 is 2.06 bits per heavy atom. The van der Waals surface area contributed by atoms with Gasteiger partial charge in [0.25, 0.3) is 5.91 Å². The number of fused-ring (bicyclic) bond motifs is 1. The van der Waals surface area contributed by atoms with E-state index in [1.165, 1.54) is 42.6 Å². The van der Waals surface area contributed by atoms with E-state index in [2.05, 4.69) is 10.5 Å². The van der Waals surface area contributed by atoms with Crippen LogP contribution in [-0.2, 0) is 6.54 Å². The van der Waals surface area contributed by atoms with Crippen LogP contribution in [0.2, 0.25) is 5.02 Å². The number of phenols is 1. The van der Waals surface area contributed by atoms with Crippen LogP contribution in [-0.4, -0.2) is 21.8 Å². The molecule has 0 atom stereocenters. The maximum absolute atomic E-state index is 13.6. The molecule has 0 saturated carbocycles. The van der Waals surface area contributed by atoms with Crippen molar-refractivity contribution in [2.75, 3.05) is 0 Å². The molecule has 158 valence electrons. The van der Waals surface area contributed by atoms with Crippen LogP contribution in [0.3, 0.4) is 0 Å². The second-order valence-electron chi connectivity index (χ2n) is 7.00. The van der Waals surface area contributed by atoms with Gasteiger partial charge in [-0.3, -0.25) is 4.79 Å². The van der Waals surface area contributed by atoms with Crippen molar-refractivity contribution in [2.24, 2.45) is 5.10 Å². The normalized spacial score (nSPS) is 11.0. The smallest absolute Gasteiger partial charge is 0.271 e. The second-order valence-corrected chi connectivity index (χ2v) is 7.41. The summed E-state index contributed by atoms with van der Waals surface area (Å²) in [4.78, 5) is 12.3. The summed E-state index contributed by atoms with van der Waals surface area (Å²) in [5, 5.41) is 23.9. The SMILES string of the molecule is N#Cc1cc(C(=O)N/N=C/c2cccc3c2ccn3Cc2cc(F)ccc2Cl)ccc1O. The lowest BCUT2D eigenvalue weighted by molar-refractivity contribution is 0.0955. The molecular formula is C24H16ClFN4O2. The van der Waals surface area contributed by atoms with Crippen molar-refractivity contribution in [2.45, 2.75) is 6.54 Å². The Morgan fingerprint density at radius 1 is 1.22 bits per heavy atom. The third kappa shape index (κ3) is 4.31. The van der Waals surface area contributed by atoms with Crippen molar-refractivity contribution in [3.8, 4) is 11.8 Å². The first kappa shape index (κ1) is 21.1. The molecule has 0 aliphatic rings. The van der Waals surface area contributed by atoms with E-state index in [0.29, 0.717) is 17.1 Å². The van der Waals surface area contributed by atoms with Crippen LogP contribution in [0, 0.1) is 17.1 Å². The monoisotopic (exact) mass is 446 g/mol. The molecule has 1 aromatic heterocycles. The lowest BCUT2D eigenvalue weighted by Gasteiger charge is -2.08. The van der Waals surface area contributed by atoms with Gasteiger partial charge in [0.2, 0.25) is 0 Å². The Hall–Kier alpha value is -4.15. The predicted molar refractivity (Wildman–Crippen MR) is 120 cm³/mol. The van der Waals surface area contributed by atoms with Crippen LogP contribution in [0.15, 0.2) is 72.0 Å². The standard InChI is InChI=1S/C24H16ClFN4O2/c25-21-6-5-19(26)11-18(21)14-30-9-8-20-16(2-1-3-22(20)30)13-28-29-24(32)15-4-7-23(31)17(10-15)12-27/h1-11,13,31H,14H2,(H,29,32)/b28-13+. The first-order chi connectivity index (χ1) is 15.5. The van der Waals surface area contributed by atoms with Crippen LogP contribution in [0.1, 0.15) is 27.0 Å². The van der Waals surface area contributed by atoms with E-state index in [1.807, 2.05) is 41.1 Å². The number of nitrogens with zero attached hydrogens (tertiary/aromatic N) is 3. The number of rotatable bonds is 5. The number of carbonyl (C=O) groups is 1. The van der Waals surface area contributed by atoms with Crippen LogP contribution >= 0.6 is 11.6 Å². The van der Waals surface area contributed by atoms with Crippen LogP contribution in [0.25, 0.3) is 10.9 Å². The molecule has 4 rings (SSSR count). The van der Waals surface area contributed by atoms with Gasteiger partial charge in [0.15, 0.2) is 0 Å². The molecule has 0 radical (unpaired) electrons. The number of phenolic OH excluding ortho intramolecular Hbond substituents is 1. The Morgan fingerprint density at radius 3 is 2.88 bits per heavy atom. The quantitative estimate of drug-likeness (QED) is 0.340. The Balaban J connectivity index is 1.54. The number of halogens is 2. The van der Waals surface area contributed by atoms with Gasteiger partial charge < -0.3 is 9.67 Å². The highest BCUT2D eigenvalue weighted by Gasteiger charge is 2.10. The van der Waals surface area contributed by atoms with Crippen LogP contribution in [0.4, 0.5) is 4.39 Å². The fraction of sp³-hybridized carbons (Fsp3) is 0.0417. The summed E-state index contributed by atoms with van der Waals surface area (Å²) in [5.74, 6) is -1.05. The summed E-state index contributed by atoms with van der Waals surface area (Å²) in [6, 6.07) is 17.6. The molecular weight excluding hydrogens is 431 g/mol. The van der Waals surface area contributed by atoms with Crippen LogP contribution < -0.4 is 5.43 Å². The van der Waals surface area contributed by atoms with Gasteiger partial charge in [0.1, 0.15) is 17.6 Å². The van der Waals surface area contributed by atoms with E-state index in [9.17, 15) is 14.3 Å². The number of aromatic nitrogens is 1. The molecule has 0 aliphatic heterocycles. The molecule has 0 bridgehead atoms. The Bertz CT molecular complexity index is 1410. The van der Waals surface area contributed by atoms with E-state index in [0.717, 1.165) is 16.5 Å². The van der Waals surface area contributed by atoms with Crippen LogP contribution in [0.5, 0.6) is 5.75 Å². The average molecular weight is 447 g/mol. The minimum absolute atomic E-state index is 0.00568. The number of hydrogen-bond acceptors (Lipinski definition) is 4. The summed E-state index contributed by atoms with van der Waals surface area (Å²) in [6.45, 7) is 0.402. The lowest BCUT2D eigenvalue weighted by Crippen LogP contribution is -2.17. The molecule has 2 N–H and O–H groups in total. The molecule has 0 aliphatic carbocycles. The van der Waals surface area contributed by atoms with E-state index in [-0.39, 0.29) is 22.7 Å². The molecule has 4 aromatic rings. The van der Waals surface area contributed by atoms with Crippen molar-refractivity contribution >= 4 is 34.6 Å². The fourth-order valence-electron chi connectivity index (χ4n) is 3.34. The predicted octanol–water partition coefficient (Wildman–Crippen LogP) is 4.82. The number of hydrazone groups is 1. The van der Waals surface area contributed by atoms with Crippen molar-refractivity contribution in [1.82, 2.24) is 9.99 Å². The molecule has 1 amide bonds. The minimum Gasteiger partial charge on any atom is -0.507 e. The molecule has 0 spiro atoms. The van der Waals surface area contributed by atoms with Gasteiger partial charge in [-0.05, 0) is 54.1 Å². The highest BCUT2D eigenvalue weighted by Crippen LogP contribution is 2.24. The van der Waals surface area contributed by atoms with Crippen molar-refractivity contribution in [3.63, 3.8) is 0 Å². The maximum atomic E-state index is 13.6. The van der Waals surface area contributed by atoms with Gasteiger partial charge in [-0.2, -0.15) is 10.4 Å². The minimum atomic E-state index is -0.511. The first-order valence-corrected chi connectivity index (χ1v) is 9.92. The van der Waals surface area contributed by atoms with Gasteiger partial charge in [0, 0.05) is 39.8 Å². The maximum Gasteiger partial charge on any atom is 0.271 e. The zero-order valence-corrected chi connectivity index (χ0v) is 17.3. The number of aromatic hydroxyl groups is 1. The number of nitriles is 1. The number of carbonyl (C=O) groups excluding carboxylic acids is 1. The highest BCUT2D eigenvalue weighted by molar-refractivity contribution is 6.31. The van der Waals surface area contributed by atoms with Gasteiger partial charge in [0.05, 0.1) is 11.8 Å². The second kappa shape index (κ2) is 8.92. The lowest BCUT2D eigenvalue weighted by atomic mass is 10.1. The molecule has 3 aromatic carbocycles. The first-order valence-electron chi connectivity index (χ1n) is 9.54. The van der Waals surface area contributed by atoms with Gasteiger partial charge >= 0.3 is 0 Å². The topological polar surface area (TPSA) is 90.4 Å². The summed E-state index contributed by atoms with van der Waals surface area (Å²) in [6.07, 6.45) is 3.40. The summed E-state index contributed by atoms with van der Waals surface area (Å²) in [5.41, 5.74) is 4.97. The zero-order chi connectivity index (χ0) is 22.7. The van der Waals surface area contributed by atoms with E-state index < -0.39 is 5.91 Å². The molecule has 32 heavy (non-hydrogen) atoms. The van der Waals surface area contributed by atoms with Gasteiger partial charge in [-0.15, -0.1) is 0 Å². The zero-order valence-electron chi connectivity index (χ0n) is 16.6. The summed E-state index contributed by atoms with van der Waals surface area (Å²) in [7, 11) is 0. The summed E-state index contributed by atoms with van der Waals surface area (Å²) >= 11 is 6.20. The molecule has 0 unspecified atom stereocenters. The van der Waals surface area contributed by atoms with Crippen molar-refractivity contribution in [1.29, 1.82) is 5.26 Å². The average Bonchev–Trinajstić information content (AvgIpc) is 3.20. The molecule has 1 heterocycles. The number of hydrogen-bond donors (Lipinski definition) is 2. The molecule has 6 nitrogen and oxygen atoms in total. The highest BCUT2D eigenvalue weighted by atomic mass is 35.5. The van der Waals surface area contributed by atoms with E-state index in [4.69, 9.17) is 16.9 Å². The Kier molecular flexibility index (Phi) is 5.88. The third-order valence-electron chi connectivity index (χ3n) is 4.94. The molecule has 0 fully saturated rings. The van der Waals surface area contributed by atoms with Gasteiger partial charge in [-0.1, -0.05) is 23.7 Å². The summed E-state index contributed by atoms with van der Waals surface area (Å²) < 4.78 is 15.5. The third-order valence-corrected chi connectivity index (χ3v) is 5.31. The number of amides is 1. The van der Waals surface area contributed by atoms with E-state index in [1.54, 1.807) is 0 Å². The molecule has 0 saturated heterocycles. The van der Waals surface area contributed by atoms with Crippen molar-refractivity contribution < 1.29 is 14.3 Å². The number of benzene rings is 3. The number of nitrogens with one attached hydrogen (secondary N) is 1.